The van der Waals surface area contributed by atoms with Gasteiger partial charge in [-0.3, -0.25) is 15.6 Å². The molecular weight excluding hydrogens is 406 g/mol. The smallest absolute Gasteiger partial charge is 0.276 e. The minimum Gasteiger partial charge on any atom is -0.482 e. The van der Waals surface area contributed by atoms with Crippen LogP contribution < -0.4 is 20.9 Å². The summed E-state index contributed by atoms with van der Waals surface area (Å²) in [5.74, 6) is 0.0642. The molecule has 1 aliphatic rings. The number of amides is 1. The van der Waals surface area contributed by atoms with Crippen LogP contribution in [0.2, 0.25) is 5.02 Å². The van der Waals surface area contributed by atoms with Crippen LogP contribution >= 0.6 is 39.7 Å². The second kappa shape index (κ2) is 9.27. The fourth-order valence-electron chi connectivity index (χ4n) is 1.95. The average molecular weight is 423 g/mol. The van der Waals surface area contributed by atoms with Gasteiger partial charge in [0, 0.05) is 17.6 Å². The Morgan fingerprint density at radius 1 is 1.48 bits per heavy atom. The molecule has 1 fully saturated rings. The summed E-state index contributed by atoms with van der Waals surface area (Å²) in [4.78, 5) is 11.7. The van der Waals surface area contributed by atoms with Gasteiger partial charge < -0.3 is 14.8 Å². The topological polar surface area (TPSA) is 71.6 Å². The molecule has 3 N–H and O–H groups in total. The number of ether oxygens (including phenoxy) is 2. The lowest BCUT2D eigenvalue weighted by Crippen LogP contribution is -2.49. The third kappa shape index (κ3) is 6.50. The molecular formula is C14H17BrClN3O3S. The van der Waals surface area contributed by atoms with Crippen LogP contribution in [0, 0.1) is 0 Å². The molecule has 2 rings (SSSR count). The Bertz CT molecular complexity index is 570. The molecule has 1 amide bonds. The highest BCUT2D eigenvalue weighted by atomic mass is 79.9. The summed E-state index contributed by atoms with van der Waals surface area (Å²) < 4.78 is 11.6. The number of hydrogen-bond acceptors (Lipinski definition) is 4. The van der Waals surface area contributed by atoms with Crippen molar-refractivity contribution in [1.29, 1.82) is 0 Å². The van der Waals surface area contributed by atoms with Crippen LogP contribution in [-0.4, -0.2) is 36.9 Å². The Labute approximate surface area is 153 Å². The van der Waals surface area contributed by atoms with Gasteiger partial charge in [-0.2, -0.15) is 0 Å². The second-order valence-electron chi connectivity index (χ2n) is 4.88. The van der Waals surface area contributed by atoms with E-state index >= 15 is 0 Å². The van der Waals surface area contributed by atoms with Crippen molar-refractivity contribution in [3.05, 3.63) is 27.7 Å². The molecule has 1 aliphatic heterocycles. The number of rotatable bonds is 5. The van der Waals surface area contributed by atoms with Gasteiger partial charge in [0.15, 0.2) is 11.7 Å². The van der Waals surface area contributed by atoms with Crippen LogP contribution in [0.25, 0.3) is 0 Å². The highest BCUT2D eigenvalue weighted by Gasteiger charge is 2.15. The van der Waals surface area contributed by atoms with Crippen LogP contribution in [0.1, 0.15) is 12.8 Å². The van der Waals surface area contributed by atoms with E-state index in [0.29, 0.717) is 22.4 Å². The maximum Gasteiger partial charge on any atom is 0.276 e. The van der Waals surface area contributed by atoms with E-state index < -0.39 is 0 Å². The molecule has 0 unspecified atom stereocenters. The molecule has 1 aromatic rings. The predicted molar refractivity (Wildman–Crippen MR) is 95.5 cm³/mol. The van der Waals surface area contributed by atoms with Gasteiger partial charge in [0.1, 0.15) is 5.75 Å². The lowest BCUT2D eigenvalue weighted by Gasteiger charge is -2.14. The fraction of sp³-hybridized carbons (Fsp3) is 0.429. The van der Waals surface area contributed by atoms with Crippen molar-refractivity contribution in [2.24, 2.45) is 0 Å². The first kappa shape index (κ1) is 18.3. The Balaban J connectivity index is 1.63. The molecule has 1 saturated heterocycles. The van der Waals surface area contributed by atoms with E-state index in [2.05, 4.69) is 32.1 Å². The number of nitrogens with one attached hydrogen (secondary N) is 3. The molecule has 1 atom stereocenters. The highest BCUT2D eigenvalue weighted by molar-refractivity contribution is 9.10. The van der Waals surface area contributed by atoms with Gasteiger partial charge in [-0.25, -0.2) is 0 Å². The van der Waals surface area contributed by atoms with Gasteiger partial charge in [-0.1, -0.05) is 27.5 Å². The number of hydrazine groups is 1. The van der Waals surface area contributed by atoms with Gasteiger partial charge >= 0.3 is 0 Å². The molecule has 0 aromatic heterocycles. The van der Waals surface area contributed by atoms with Crippen molar-refractivity contribution in [3.8, 4) is 5.75 Å². The van der Waals surface area contributed by atoms with Crippen molar-refractivity contribution >= 4 is 50.8 Å². The zero-order valence-electron chi connectivity index (χ0n) is 12.2. The molecule has 126 valence electrons. The van der Waals surface area contributed by atoms with Crippen LogP contribution in [0.4, 0.5) is 0 Å². The molecule has 1 aromatic carbocycles. The molecule has 6 nitrogen and oxygen atoms in total. The highest BCUT2D eigenvalue weighted by Crippen LogP contribution is 2.27. The number of thiocarbonyl (C=S) groups is 1. The Hall–Kier alpha value is -1.09. The number of carbonyl (C=O) groups excluding carboxylic acids is 1. The maximum atomic E-state index is 11.7. The Kier molecular flexibility index (Phi) is 7.35. The lowest BCUT2D eigenvalue weighted by atomic mass is 10.2. The Morgan fingerprint density at radius 3 is 3.00 bits per heavy atom. The van der Waals surface area contributed by atoms with E-state index in [9.17, 15) is 4.79 Å². The first-order valence-corrected chi connectivity index (χ1v) is 8.64. The standard InChI is InChI=1S/C14H17BrClN3O3S/c15-9-3-4-12(11(16)6-9)22-8-13(20)18-19-14(23)17-7-10-2-1-5-21-10/h3-4,6,10H,1-2,5,7-8H2,(H,18,20)(H2,17,19,23)/t10-/m0/s1. The van der Waals surface area contributed by atoms with Crippen LogP contribution in [0.5, 0.6) is 5.75 Å². The zero-order chi connectivity index (χ0) is 16.7. The van der Waals surface area contributed by atoms with E-state index in [1.54, 1.807) is 18.2 Å². The quantitative estimate of drug-likeness (QED) is 0.499. The monoisotopic (exact) mass is 421 g/mol. The molecule has 0 aliphatic carbocycles. The first-order chi connectivity index (χ1) is 11.0. The van der Waals surface area contributed by atoms with Gasteiger partial charge in [0.2, 0.25) is 0 Å². The summed E-state index contributed by atoms with van der Waals surface area (Å²) in [6.07, 6.45) is 2.26. The van der Waals surface area contributed by atoms with Crippen molar-refractivity contribution in [2.45, 2.75) is 18.9 Å². The predicted octanol–water partition coefficient (Wildman–Crippen LogP) is 2.16. The average Bonchev–Trinajstić information content (AvgIpc) is 3.03. The molecule has 9 heteroatoms. The van der Waals surface area contributed by atoms with Crippen molar-refractivity contribution in [2.75, 3.05) is 19.8 Å². The third-order valence-corrected chi connectivity index (χ3v) is 4.12. The number of hydrogen-bond donors (Lipinski definition) is 3. The molecule has 0 radical (unpaired) electrons. The van der Waals surface area contributed by atoms with Gasteiger partial charge in [-0.15, -0.1) is 0 Å². The molecule has 1 heterocycles. The normalized spacial score (nSPS) is 16.7. The summed E-state index contributed by atoms with van der Waals surface area (Å²) >= 11 is 14.4. The number of halogens is 2. The minimum atomic E-state index is -0.370. The van der Waals surface area contributed by atoms with Crippen molar-refractivity contribution in [1.82, 2.24) is 16.2 Å². The summed E-state index contributed by atoms with van der Waals surface area (Å²) in [5.41, 5.74) is 5.06. The van der Waals surface area contributed by atoms with E-state index in [-0.39, 0.29) is 18.6 Å². The second-order valence-corrected chi connectivity index (χ2v) is 6.61. The molecule has 0 spiro atoms. The Morgan fingerprint density at radius 2 is 2.30 bits per heavy atom. The van der Waals surface area contributed by atoms with Crippen molar-refractivity contribution < 1.29 is 14.3 Å². The lowest BCUT2D eigenvalue weighted by molar-refractivity contribution is -0.123. The van der Waals surface area contributed by atoms with E-state index in [1.807, 2.05) is 0 Å². The van der Waals surface area contributed by atoms with Crippen LogP contribution in [0.15, 0.2) is 22.7 Å². The molecule has 0 bridgehead atoms. The van der Waals surface area contributed by atoms with Gasteiger partial charge in [0.25, 0.3) is 5.91 Å². The number of benzene rings is 1. The van der Waals surface area contributed by atoms with Gasteiger partial charge in [0.05, 0.1) is 11.1 Å². The molecule has 0 saturated carbocycles. The SMILES string of the molecule is O=C(COc1ccc(Br)cc1Cl)NNC(=S)NC[C@@H]1CCCO1. The minimum absolute atomic E-state index is 0.174. The first-order valence-electron chi connectivity index (χ1n) is 7.07. The number of carbonyl (C=O) groups is 1. The van der Waals surface area contributed by atoms with Gasteiger partial charge in [-0.05, 0) is 43.3 Å². The van der Waals surface area contributed by atoms with Crippen molar-refractivity contribution in [3.63, 3.8) is 0 Å². The molecule has 23 heavy (non-hydrogen) atoms. The van der Waals surface area contributed by atoms with E-state index in [0.717, 1.165) is 23.9 Å². The maximum absolute atomic E-state index is 11.7. The summed E-state index contributed by atoms with van der Waals surface area (Å²) in [7, 11) is 0. The fourth-order valence-corrected chi connectivity index (χ4v) is 2.82. The van der Waals surface area contributed by atoms with E-state index in [1.165, 1.54) is 0 Å². The largest absolute Gasteiger partial charge is 0.482 e. The summed E-state index contributed by atoms with van der Waals surface area (Å²) in [5, 5.41) is 3.74. The third-order valence-electron chi connectivity index (χ3n) is 3.08. The van der Waals surface area contributed by atoms with Crippen LogP contribution in [-0.2, 0) is 9.53 Å². The van der Waals surface area contributed by atoms with E-state index in [4.69, 9.17) is 33.3 Å². The zero-order valence-corrected chi connectivity index (χ0v) is 15.4. The van der Waals surface area contributed by atoms with Crippen LogP contribution in [0.3, 0.4) is 0 Å². The summed E-state index contributed by atoms with van der Waals surface area (Å²) in [6.45, 7) is 1.23. The summed E-state index contributed by atoms with van der Waals surface area (Å²) in [6, 6.07) is 5.15.